The van der Waals surface area contributed by atoms with Gasteiger partial charge < -0.3 is 25.2 Å². The highest BCUT2D eigenvalue weighted by Gasteiger charge is 2.38. The number of carboxylic acid groups (broad SMARTS) is 1. The molecule has 0 atom stereocenters. The van der Waals surface area contributed by atoms with Crippen molar-refractivity contribution in [3.05, 3.63) is 52.8 Å². The molecule has 8 nitrogen and oxygen atoms in total. The summed E-state index contributed by atoms with van der Waals surface area (Å²) >= 11 is 0. The van der Waals surface area contributed by atoms with Gasteiger partial charge in [-0.15, -0.1) is 0 Å². The monoisotopic (exact) mass is 540 g/mol. The summed E-state index contributed by atoms with van der Waals surface area (Å²) in [6, 6.07) is 7.60. The fourth-order valence-corrected chi connectivity index (χ4v) is 5.26. The van der Waals surface area contributed by atoms with Crippen molar-refractivity contribution in [2.75, 3.05) is 19.0 Å². The van der Waals surface area contributed by atoms with Crippen LogP contribution in [-0.4, -0.2) is 42.6 Å². The van der Waals surface area contributed by atoms with Crippen LogP contribution in [0.2, 0.25) is 0 Å². The zero-order valence-electron chi connectivity index (χ0n) is 23.0. The average molecular weight is 541 g/mol. The Balaban J connectivity index is 1.53. The lowest BCUT2D eigenvalue weighted by Crippen LogP contribution is -2.40. The van der Waals surface area contributed by atoms with Crippen LogP contribution in [0.3, 0.4) is 0 Å². The first-order valence-electron chi connectivity index (χ1n) is 13.4. The number of carbonyl (C=O) groups excluding carboxylic acids is 2. The van der Waals surface area contributed by atoms with E-state index in [2.05, 4.69) is 17.6 Å². The van der Waals surface area contributed by atoms with Crippen LogP contribution >= 0.6 is 0 Å². The highest BCUT2D eigenvalue weighted by molar-refractivity contribution is 6.11. The molecule has 2 aromatic carbocycles. The molecule has 2 aliphatic carbocycles. The number of rotatable bonds is 9. The van der Waals surface area contributed by atoms with E-state index >= 15 is 0 Å². The van der Waals surface area contributed by atoms with Crippen molar-refractivity contribution >= 4 is 23.5 Å². The SMILES string of the molecule is COc1cc(F)c(OC2CCC(C)(C(=O)O)CC2)cc1C(=O)Nc1c(C)cccc1C(=O)NCC1(C)CCC1. The molecule has 39 heavy (non-hydrogen) atoms. The zero-order valence-corrected chi connectivity index (χ0v) is 23.0. The van der Waals surface area contributed by atoms with E-state index in [0.29, 0.717) is 49.0 Å². The Labute approximate surface area is 228 Å². The number of benzene rings is 2. The number of amides is 2. The molecule has 0 aliphatic heterocycles. The number of nitrogens with one attached hydrogen (secondary N) is 2. The molecule has 2 fully saturated rings. The number of aliphatic carboxylic acids is 1. The van der Waals surface area contributed by atoms with Crippen LogP contribution in [0.25, 0.3) is 0 Å². The Hall–Kier alpha value is -3.62. The maximum atomic E-state index is 14.9. The van der Waals surface area contributed by atoms with E-state index in [-0.39, 0.29) is 34.5 Å². The molecule has 2 amide bonds. The molecule has 210 valence electrons. The van der Waals surface area contributed by atoms with Crippen molar-refractivity contribution in [3.63, 3.8) is 0 Å². The molecule has 2 aromatic rings. The Kier molecular flexibility index (Phi) is 8.18. The first kappa shape index (κ1) is 28.4. The summed E-state index contributed by atoms with van der Waals surface area (Å²) in [5, 5.41) is 15.3. The van der Waals surface area contributed by atoms with E-state index in [1.165, 1.54) is 13.2 Å². The van der Waals surface area contributed by atoms with E-state index in [1.54, 1.807) is 32.0 Å². The molecule has 0 bridgehead atoms. The summed E-state index contributed by atoms with van der Waals surface area (Å²) in [6.45, 7) is 6.21. The smallest absolute Gasteiger partial charge is 0.309 e. The van der Waals surface area contributed by atoms with Gasteiger partial charge >= 0.3 is 5.97 Å². The van der Waals surface area contributed by atoms with Gasteiger partial charge in [0.1, 0.15) is 5.75 Å². The van der Waals surface area contributed by atoms with Crippen LogP contribution in [0.15, 0.2) is 30.3 Å². The van der Waals surface area contributed by atoms with E-state index < -0.39 is 23.1 Å². The van der Waals surface area contributed by atoms with Crippen molar-refractivity contribution < 1.29 is 33.4 Å². The second kappa shape index (κ2) is 11.2. The predicted molar refractivity (Wildman–Crippen MR) is 145 cm³/mol. The van der Waals surface area contributed by atoms with Crippen molar-refractivity contribution in [1.29, 1.82) is 0 Å². The summed E-state index contributed by atoms with van der Waals surface area (Å²) < 4.78 is 26.1. The fourth-order valence-electron chi connectivity index (χ4n) is 5.26. The minimum Gasteiger partial charge on any atom is -0.496 e. The van der Waals surface area contributed by atoms with Gasteiger partial charge in [0.15, 0.2) is 11.6 Å². The van der Waals surface area contributed by atoms with Crippen molar-refractivity contribution in [3.8, 4) is 11.5 Å². The van der Waals surface area contributed by atoms with Gasteiger partial charge in [0.25, 0.3) is 11.8 Å². The summed E-state index contributed by atoms with van der Waals surface area (Å²) in [6.07, 6.45) is 4.66. The van der Waals surface area contributed by atoms with Gasteiger partial charge in [-0.05, 0) is 75.5 Å². The van der Waals surface area contributed by atoms with Crippen LogP contribution in [0, 0.1) is 23.6 Å². The summed E-state index contributed by atoms with van der Waals surface area (Å²) in [4.78, 5) is 38.0. The quantitative estimate of drug-likeness (QED) is 0.375. The van der Waals surface area contributed by atoms with E-state index in [4.69, 9.17) is 9.47 Å². The van der Waals surface area contributed by atoms with Crippen molar-refractivity contribution in [2.24, 2.45) is 10.8 Å². The minimum absolute atomic E-state index is 0.0249. The van der Waals surface area contributed by atoms with Crippen molar-refractivity contribution in [2.45, 2.75) is 71.8 Å². The fraction of sp³-hybridized carbons (Fsp3) is 0.500. The molecule has 2 aliphatic rings. The van der Waals surface area contributed by atoms with Crippen molar-refractivity contribution in [1.82, 2.24) is 5.32 Å². The molecular weight excluding hydrogens is 503 g/mol. The molecule has 0 radical (unpaired) electrons. The number of hydrogen-bond donors (Lipinski definition) is 3. The lowest BCUT2D eigenvalue weighted by molar-refractivity contribution is -0.150. The minimum atomic E-state index is -0.850. The number of carbonyl (C=O) groups is 3. The van der Waals surface area contributed by atoms with Crippen LogP contribution < -0.4 is 20.1 Å². The van der Waals surface area contributed by atoms with Gasteiger partial charge in [-0.1, -0.05) is 25.5 Å². The summed E-state index contributed by atoms with van der Waals surface area (Å²) in [5.74, 6) is -2.47. The molecule has 0 spiro atoms. The summed E-state index contributed by atoms with van der Waals surface area (Å²) in [5.41, 5.74) is 0.742. The number of hydrogen-bond acceptors (Lipinski definition) is 5. The van der Waals surface area contributed by atoms with Gasteiger partial charge in [0, 0.05) is 12.6 Å². The Morgan fingerprint density at radius 1 is 1.03 bits per heavy atom. The number of para-hydroxylation sites is 1. The molecule has 4 rings (SSSR count). The van der Waals surface area contributed by atoms with Gasteiger partial charge in [-0.3, -0.25) is 14.4 Å². The largest absolute Gasteiger partial charge is 0.496 e. The number of aryl methyl sites for hydroxylation is 1. The Morgan fingerprint density at radius 3 is 2.31 bits per heavy atom. The second-order valence-electron chi connectivity index (χ2n) is 11.5. The lowest BCUT2D eigenvalue weighted by atomic mass is 9.70. The molecular formula is C30H37FN2O6. The maximum absolute atomic E-state index is 14.9. The van der Waals surface area contributed by atoms with Crippen LogP contribution in [-0.2, 0) is 4.79 Å². The number of ether oxygens (including phenoxy) is 2. The Morgan fingerprint density at radius 2 is 1.72 bits per heavy atom. The van der Waals surface area contributed by atoms with Crippen LogP contribution in [0.5, 0.6) is 11.5 Å². The first-order chi connectivity index (χ1) is 18.4. The second-order valence-corrected chi connectivity index (χ2v) is 11.5. The lowest BCUT2D eigenvalue weighted by Gasteiger charge is -2.38. The van der Waals surface area contributed by atoms with Gasteiger partial charge in [-0.25, -0.2) is 4.39 Å². The van der Waals surface area contributed by atoms with Gasteiger partial charge in [0.2, 0.25) is 0 Å². The molecule has 9 heteroatoms. The maximum Gasteiger partial charge on any atom is 0.309 e. The van der Waals surface area contributed by atoms with E-state index in [0.717, 1.165) is 25.3 Å². The third-order valence-corrected chi connectivity index (χ3v) is 8.34. The highest BCUT2D eigenvalue weighted by Crippen LogP contribution is 2.40. The average Bonchev–Trinajstić information content (AvgIpc) is 2.89. The third kappa shape index (κ3) is 6.18. The number of carboxylic acids is 1. The van der Waals surface area contributed by atoms with E-state index in [1.807, 2.05) is 0 Å². The molecule has 0 heterocycles. The molecule has 0 aromatic heterocycles. The highest BCUT2D eigenvalue weighted by atomic mass is 19.1. The molecule has 3 N–H and O–H groups in total. The van der Waals surface area contributed by atoms with Gasteiger partial charge in [-0.2, -0.15) is 0 Å². The predicted octanol–water partition coefficient (Wildman–Crippen LogP) is 5.73. The number of anilines is 1. The normalized spacial score (nSPS) is 21.8. The summed E-state index contributed by atoms with van der Waals surface area (Å²) in [7, 11) is 1.34. The van der Waals surface area contributed by atoms with Crippen LogP contribution in [0.1, 0.15) is 85.1 Å². The number of halogens is 1. The number of methoxy groups -OCH3 is 1. The first-order valence-corrected chi connectivity index (χ1v) is 13.4. The molecule has 0 unspecified atom stereocenters. The zero-order chi connectivity index (χ0) is 28.4. The van der Waals surface area contributed by atoms with E-state index in [9.17, 15) is 23.9 Å². The molecule has 2 saturated carbocycles. The Bertz CT molecular complexity index is 1260. The van der Waals surface area contributed by atoms with Gasteiger partial charge in [0.05, 0.1) is 35.4 Å². The topological polar surface area (TPSA) is 114 Å². The van der Waals surface area contributed by atoms with Crippen LogP contribution in [0.4, 0.5) is 10.1 Å². The third-order valence-electron chi connectivity index (χ3n) is 8.34. The molecule has 0 saturated heterocycles. The standard InChI is InChI=1S/C30H37FN2O6/c1-18-7-5-8-20(26(34)32-17-29(2)11-6-12-29)25(18)33-27(35)21-15-24(22(31)16-23(21)38-4)39-19-9-13-30(3,14-10-19)28(36)37/h5,7-8,15-16,19H,6,9-14,17H2,1-4H3,(H,32,34)(H,33,35)(H,36,37).